The highest BCUT2D eigenvalue weighted by Gasteiger charge is 2.40. The maximum Gasteiger partial charge on any atom is 0.419 e. The third-order valence-electron chi connectivity index (χ3n) is 7.33. The number of aryl methyl sites for hydroxylation is 3. The van der Waals surface area contributed by atoms with E-state index in [1.807, 2.05) is 45.0 Å². The second-order valence-corrected chi connectivity index (χ2v) is 10.3. The van der Waals surface area contributed by atoms with Gasteiger partial charge in [-0.05, 0) is 74.6 Å². The SMILES string of the molecule is Cc1cc(N2CCNCC2)ccc1Nc1ncc(C(F)(F)F)c(CCc2cccc3c2C(C)(C)C(=O)N3)n1. The Morgan fingerprint density at radius 3 is 2.58 bits per heavy atom. The van der Waals surface area contributed by atoms with Crippen LogP contribution in [0.15, 0.2) is 42.6 Å². The first-order chi connectivity index (χ1) is 18.0. The van der Waals surface area contributed by atoms with Crippen LogP contribution in [-0.4, -0.2) is 42.1 Å². The summed E-state index contributed by atoms with van der Waals surface area (Å²) in [5.74, 6) is -0.00992. The number of benzene rings is 2. The number of rotatable bonds is 6. The molecule has 7 nitrogen and oxygen atoms in total. The van der Waals surface area contributed by atoms with Crippen LogP contribution < -0.4 is 20.9 Å². The highest BCUT2D eigenvalue weighted by atomic mass is 19.4. The molecule has 3 N–H and O–H groups in total. The fraction of sp³-hybridized carbons (Fsp3) is 0.393. The lowest BCUT2D eigenvalue weighted by Gasteiger charge is -2.30. The number of halogens is 3. The van der Waals surface area contributed by atoms with Crippen molar-refractivity contribution in [3.05, 3.63) is 70.5 Å². The number of carbonyl (C=O) groups excluding carboxylic acids is 1. The van der Waals surface area contributed by atoms with E-state index in [1.165, 1.54) is 0 Å². The summed E-state index contributed by atoms with van der Waals surface area (Å²) in [5.41, 5.74) is 3.46. The van der Waals surface area contributed by atoms with Crippen molar-refractivity contribution < 1.29 is 18.0 Å². The van der Waals surface area contributed by atoms with Gasteiger partial charge < -0.3 is 20.9 Å². The minimum atomic E-state index is -4.58. The molecular formula is C28H31F3N6O. The molecule has 0 unspecified atom stereocenters. The maximum atomic E-state index is 13.8. The molecule has 5 rings (SSSR count). The average molecular weight is 525 g/mol. The summed E-state index contributed by atoms with van der Waals surface area (Å²) in [7, 11) is 0. The highest BCUT2D eigenvalue weighted by molar-refractivity contribution is 6.06. The molecule has 0 saturated carbocycles. The molecule has 1 fully saturated rings. The Morgan fingerprint density at radius 1 is 1.11 bits per heavy atom. The van der Waals surface area contributed by atoms with Crippen LogP contribution in [0.2, 0.25) is 0 Å². The van der Waals surface area contributed by atoms with Crippen LogP contribution in [0.4, 0.5) is 36.2 Å². The number of anilines is 4. The number of nitrogens with one attached hydrogen (secondary N) is 3. The lowest BCUT2D eigenvalue weighted by molar-refractivity contribution is -0.138. The molecule has 0 aliphatic carbocycles. The van der Waals surface area contributed by atoms with Gasteiger partial charge in [-0.2, -0.15) is 13.2 Å². The topological polar surface area (TPSA) is 82.2 Å². The quantitative estimate of drug-likeness (QED) is 0.422. The lowest BCUT2D eigenvalue weighted by atomic mass is 9.82. The molecule has 0 atom stereocenters. The smallest absolute Gasteiger partial charge is 0.369 e. The van der Waals surface area contributed by atoms with E-state index in [0.717, 1.165) is 60.4 Å². The van der Waals surface area contributed by atoms with E-state index >= 15 is 0 Å². The largest absolute Gasteiger partial charge is 0.419 e. The minimum absolute atomic E-state index is 0.0493. The van der Waals surface area contributed by atoms with Crippen molar-refractivity contribution in [2.24, 2.45) is 0 Å². The summed E-state index contributed by atoms with van der Waals surface area (Å²) in [6.07, 6.45) is -3.38. The molecule has 2 aliphatic heterocycles. The fourth-order valence-electron chi connectivity index (χ4n) is 5.23. The average Bonchev–Trinajstić information content (AvgIpc) is 3.12. The van der Waals surface area contributed by atoms with Gasteiger partial charge in [0.25, 0.3) is 0 Å². The second-order valence-electron chi connectivity index (χ2n) is 10.3. The van der Waals surface area contributed by atoms with Crippen molar-refractivity contribution >= 4 is 28.9 Å². The fourth-order valence-corrected chi connectivity index (χ4v) is 5.23. The zero-order valence-electron chi connectivity index (χ0n) is 21.7. The minimum Gasteiger partial charge on any atom is -0.369 e. The van der Waals surface area contributed by atoms with E-state index < -0.39 is 17.2 Å². The molecule has 3 heterocycles. The summed E-state index contributed by atoms with van der Waals surface area (Å²) in [6.45, 7) is 9.29. The first-order valence-electron chi connectivity index (χ1n) is 12.7. The van der Waals surface area contributed by atoms with Gasteiger partial charge in [-0.3, -0.25) is 4.79 Å². The number of nitrogens with zero attached hydrogens (tertiary/aromatic N) is 3. The van der Waals surface area contributed by atoms with Gasteiger partial charge in [-0.15, -0.1) is 0 Å². The van der Waals surface area contributed by atoms with Crippen LogP contribution in [0.5, 0.6) is 0 Å². The molecule has 10 heteroatoms. The zero-order chi connectivity index (χ0) is 27.1. The van der Waals surface area contributed by atoms with Gasteiger partial charge in [0.15, 0.2) is 0 Å². The summed E-state index contributed by atoms with van der Waals surface area (Å²) in [6, 6.07) is 11.4. The molecule has 200 valence electrons. The summed E-state index contributed by atoms with van der Waals surface area (Å²) >= 11 is 0. The Morgan fingerprint density at radius 2 is 1.87 bits per heavy atom. The van der Waals surface area contributed by atoms with E-state index in [0.29, 0.717) is 12.1 Å². The van der Waals surface area contributed by atoms with E-state index in [1.54, 1.807) is 6.07 Å². The number of amides is 1. The van der Waals surface area contributed by atoms with Crippen LogP contribution in [0.25, 0.3) is 0 Å². The molecular weight excluding hydrogens is 493 g/mol. The van der Waals surface area contributed by atoms with Gasteiger partial charge in [-0.1, -0.05) is 12.1 Å². The number of hydrogen-bond donors (Lipinski definition) is 3. The maximum absolute atomic E-state index is 13.8. The number of alkyl halides is 3. The molecule has 38 heavy (non-hydrogen) atoms. The Labute approximate surface area is 219 Å². The Balaban J connectivity index is 1.39. The normalized spacial score (nSPS) is 16.8. The molecule has 3 aromatic rings. The Bertz CT molecular complexity index is 1370. The van der Waals surface area contributed by atoms with Crippen molar-refractivity contribution in [2.45, 2.75) is 45.2 Å². The van der Waals surface area contributed by atoms with Crippen LogP contribution in [0.1, 0.15) is 41.8 Å². The summed E-state index contributed by atoms with van der Waals surface area (Å²) in [5, 5.41) is 9.31. The van der Waals surface area contributed by atoms with E-state index in [-0.39, 0.29) is 24.0 Å². The third-order valence-corrected chi connectivity index (χ3v) is 7.33. The molecule has 0 spiro atoms. The Kier molecular flexibility index (Phi) is 6.77. The molecule has 0 radical (unpaired) electrons. The van der Waals surface area contributed by atoms with Crippen LogP contribution in [-0.2, 0) is 29.2 Å². The van der Waals surface area contributed by atoms with Crippen LogP contribution in [0, 0.1) is 6.92 Å². The van der Waals surface area contributed by atoms with Crippen molar-refractivity contribution in [1.29, 1.82) is 0 Å². The molecule has 1 amide bonds. The number of piperazine rings is 1. The van der Waals surface area contributed by atoms with Crippen molar-refractivity contribution in [3.8, 4) is 0 Å². The van der Waals surface area contributed by atoms with Crippen LogP contribution in [0.3, 0.4) is 0 Å². The van der Waals surface area contributed by atoms with E-state index in [4.69, 9.17) is 0 Å². The van der Waals surface area contributed by atoms with Crippen molar-refractivity contribution in [2.75, 3.05) is 41.7 Å². The van der Waals surface area contributed by atoms with Crippen molar-refractivity contribution in [3.63, 3.8) is 0 Å². The monoisotopic (exact) mass is 524 g/mol. The van der Waals surface area contributed by atoms with Gasteiger partial charge in [-0.25, -0.2) is 9.97 Å². The molecule has 2 aliphatic rings. The Hall–Kier alpha value is -3.66. The lowest BCUT2D eigenvalue weighted by Crippen LogP contribution is -2.43. The second kappa shape index (κ2) is 9.90. The van der Waals surface area contributed by atoms with Gasteiger partial charge in [0.1, 0.15) is 0 Å². The van der Waals surface area contributed by atoms with Gasteiger partial charge in [0.2, 0.25) is 11.9 Å². The first kappa shape index (κ1) is 26.0. The van der Waals surface area contributed by atoms with Gasteiger partial charge in [0, 0.05) is 49.4 Å². The molecule has 2 aromatic carbocycles. The number of aromatic nitrogens is 2. The first-order valence-corrected chi connectivity index (χ1v) is 12.7. The molecule has 1 aromatic heterocycles. The number of fused-ring (bicyclic) bond motifs is 1. The van der Waals surface area contributed by atoms with E-state index in [2.05, 4.69) is 36.9 Å². The van der Waals surface area contributed by atoms with E-state index in [9.17, 15) is 18.0 Å². The predicted octanol–water partition coefficient (Wildman–Crippen LogP) is 4.97. The molecule has 1 saturated heterocycles. The van der Waals surface area contributed by atoms with Crippen molar-refractivity contribution in [1.82, 2.24) is 15.3 Å². The highest BCUT2D eigenvalue weighted by Crippen LogP contribution is 2.40. The standard InChI is InChI=1S/C28H31F3N6O/c1-17-15-19(37-13-11-32-12-14-37)8-10-21(17)35-26-33-16-20(28(29,30)31)22(36-26)9-7-18-5-4-6-23-24(18)27(2,3)25(38)34-23/h4-6,8,10,15-16,32H,7,9,11-14H2,1-3H3,(H,34,38)(H,33,35,36). The summed E-state index contributed by atoms with van der Waals surface area (Å²) in [4.78, 5) is 23.0. The number of hydrogen-bond acceptors (Lipinski definition) is 6. The van der Waals surface area contributed by atoms with Crippen LogP contribution >= 0.6 is 0 Å². The van der Waals surface area contributed by atoms with Gasteiger partial charge in [0.05, 0.1) is 16.7 Å². The predicted molar refractivity (Wildman–Crippen MR) is 142 cm³/mol. The third kappa shape index (κ3) is 5.05. The zero-order valence-corrected chi connectivity index (χ0v) is 21.7. The molecule has 0 bridgehead atoms. The number of carbonyl (C=O) groups is 1. The van der Waals surface area contributed by atoms with Gasteiger partial charge >= 0.3 is 6.18 Å². The summed E-state index contributed by atoms with van der Waals surface area (Å²) < 4.78 is 41.5.